The third kappa shape index (κ3) is 4.84. The van der Waals surface area contributed by atoms with Crippen LogP contribution in [-0.4, -0.2) is 21.4 Å². The second kappa shape index (κ2) is 9.56. The second-order valence-corrected chi connectivity index (χ2v) is 8.88. The number of hydrogen-bond donors (Lipinski definition) is 2. The fraction of sp³-hybridized carbons (Fsp3) is 0.115. The molecule has 2 N–H and O–H groups in total. The summed E-state index contributed by atoms with van der Waals surface area (Å²) in [6, 6.07) is 12.6. The molecular formula is C26H16ClF5N4O2. The van der Waals surface area contributed by atoms with E-state index in [1.54, 1.807) is 30.3 Å². The molecule has 0 fully saturated rings. The Hall–Kier alpha value is -4.25. The topological polar surface area (TPSA) is 76.0 Å². The third-order valence-corrected chi connectivity index (χ3v) is 6.25. The van der Waals surface area contributed by atoms with Gasteiger partial charge in [0.1, 0.15) is 24.0 Å². The first kappa shape index (κ1) is 25.4. The van der Waals surface area contributed by atoms with Crippen LogP contribution in [0.1, 0.15) is 33.2 Å². The number of nitrogens with zero attached hydrogens (tertiary/aromatic N) is 2. The first-order valence-electron chi connectivity index (χ1n) is 11.1. The highest BCUT2D eigenvalue weighted by atomic mass is 35.5. The van der Waals surface area contributed by atoms with Gasteiger partial charge in [0.15, 0.2) is 5.82 Å². The Morgan fingerprint density at radius 2 is 1.76 bits per heavy atom. The molecule has 38 heavy (non-hydrogen) atoms. The van der Waals surface area contributed by atoms with Gasteiger partial charge in [0.05, 0.1) is 17.3 Å². The van der Waals surface area contributed by atoms with E-state index in [0.717, 1.165) is 12.1 Å². The van der Waals surface area contributed by atoms with Crippen molar-refractivity contribution in [2.75, 3.05) is 5.32 Å². The van der Waals surface area contributed by atoms with Crippen molar-refractivity contribution in [3.63, 3.8) is 0 Å². The van der Waals surface area contributed by atoms with Crippen molar-refractivity contribution in [2.24, 2.45) is 0 Å². The summed E-state index contributed by atoms with van der Waals surface area (Å²) in [5, 5.41) is 5.26. The van der Waals surface area contributed by atoms with E-state index >= 15 is 0 Å². The Kier molecular flexibility index (Phi) is 6.39. The molecule has 12 heteroatoms. The molecule has 1 aliphatic rings. The lowest BCUT2D eigenvalue weighted by molar-refractivity contribution is -0.137. The number of imidazole rings is 1. The number of anilines is 1. The van der Waals surface area contributed by atoms with E-state index in [1.165, 1.54) is 10.6 Å². The lowest BCUT2D eigenvalue weighted by Gasteiger charge is -2.28. The summed E-state index contributed by atoms with van der Waals surface area (Å²) in [7, 11) is 0. The molecule has 0 bridgehead atoms. The number of amides is 2. The Labute approximate surface area is 217 Å². The van der Waals surface area contributed by atoms with Gasteiger partial charge in [-0.15, -0.1) is 0 Å². The zero-order valence-corrected chi connectivity index (χ0v) is 19.9. The van der Waals surface area contributed by atoms with E-state index in [9.17, 15) is 31.5 Å². The quantitative estimate of drug-likeness (QED) is 0.310. The molecule has 1 unspecified atom stereocenters. The molecule has 1 atom stereocenters. The van der Waals surface area contributed by atoms with Gasteiger partial charge in [0.25, 0.3) is 5.91 Å². The molecule has 0 spiro atoms. The number of fused-ring (bicyclic) bond motifs is 1. The molecule has 1 aromatic heterocycles. The highest BCUT2D eigenvalue weighted by Gasteiger charge is 2.35. The molecular weight excluding hydrogens is 531 g/mol. The Morgan fingerprint density at radius 1 is 1.03 bits per heavy atom. The molecule has 194 valence electrons. The van der Waals surface area contributed by atoms with Crippen molar-refractivity contribution in [3.8, 4) is 11.4 Å². The van der Waals surface area contributed by atoms with Gasteiger partial charge in [-0.1, -0.05) is 41.9 Å². The van der Waals surface area contributed by atoms with E-state index in [1.807, 2.05) is 0 Å². The number of aromatic nitrogens is 2. The zero-order valence-electron chi connectivity index (χ0n) is 19.1. The lowest BCUT2D eigenvalue weighted by atomic mass is 10.0. The summed E-state index contributed by atoms with van der Waals surface area (Å²) in [5.41, 5.74) is -0.993. The molecule has 1 aliphatic heterocycles. The molecule has 0 radical (unpaired) electrons. The van der Waals surface area contributed by atoms with E-state index in [2.05, 4.69) is 15.6 Å². The predicted octanol–water partition coefficient (Wildman–Crippen LogP) is 5.97. The van der Waals surface area contributed by atoms with E-state index < -0.39 is 46.8 Å². The summed E-state index contributed by atoms with van der Waals surface area (Å²) in [6.45, 7) is -0.218. The van der Waals surface area contributed by atoms with Crippen molar-refractivity contribution in [3.05, 3.63) is 106 Å². The van der Waals surface area contributed by atoms with Crippen LogP contribution in [-0.2, 0) is 17.5 Å². The molecule has 0 saturated heterocycles. The van der Waals surface area contributed by atoms with E-state index in [4.69, 9.17) is 11.6 Å². The average molecular weight is 547 g/mol. The Balaban J connectivity index is 1.66. The molecule has 5 rings (SSSR count). The number of alkyl halides is 3. The maximum absolute atomic E-state index is 14.2. The number of benzene rings is 3. The SMILES string of the molecule is O=C1Cn2c(-c3ccccc3)nc(NC(=O)c3cc(F)cc(C(F)(F)F)c3)c2C(c2cc(F)ccc2Cl)N1. The van der Waals surface area contributed by atoms with Crippen LogP contribution >= 0.6 is 11.6 Å². The fourth-order valence-corrected chi connectivity index (χ4v) is 4.49. The van der Waals surface area contributed by atoms with Crippen molar-refractivity contribution in [1.29, 1.82) is 0 Å². The smallest absolute Gasteiger partial charge is 0.342 e. The van der Waals surface area contributed by atoms with Gasteiger partial charge in [-0.25, -0.2) is 13.8 Å². The summed E-state index contributed by atoms with van der Waals surface area (Å²) in [5.74, 6) is -3.27. The number of rotatable bonds is 4. The number of nitrogens with one attached hydrogen (secondary N) is 2. The summed E-state index contributed by atoms with van der Waals surface area (Å²) in [4.78, 5) is 30.2. The molecule has 3 aromatic carbocycles. The van der Waals surface area contributed by atoms with Crippen LogP contribution < -0.4 is 10.6 Å². The van der Waals surface area contributed by atoms with Crippen LogP contribution in [0.25, 0.3) is 11.4 Å². The van der Waals surface area contributed by atoms with E-state index in [0.29, 0.717) is 17.7 Å². The summed E-state index contributed by atoms with van der Waals surface area (Å²) in [6.07, 6.45) is -4.88. The summed E-state index contributed by atoms with van der Waals surface area (Å²) >= 11 is 6.32. The largest absolute Gasteiger partial charge is 0.416 e. The highest BCUT2D eigenvalue weighted by molar-refractivity contribution is 6.31. The van der Waals surface area contributed by atoms with Gasteiger partial charge in [-0.2, -0.15) is 13.2 Å². The van der Waals surface area contributed by atoms with E-state index in [-0.39, 0.29) is 40.5 Å². The average Bonchev–Trinajstić information content (AvgIpc) is 3.22. The first-order valence-corrected chi connectivity index (χ1v) is 11.5. The maximum Gasteiger partial charge on any atom is 0.416 e. The number of carbonyl (C=O) groups is 2. The third-order valence-electron chi connectivity index (χ3n) is 5.91. The van der Waals surface area contributed by atoms with Crippen molar-refractivity contribution in [1.82, 2.24) is 14.9 Å². The van der Waals surface area contributed by atoms with Gasteiger partial charge in [0, 0.05) is 21.7 Å². The standard InChI is InChI=1S/C26H16ClF5N4O2/c27-19-7-6-16(28)11-18(19)21-22-23(35-25(38)14-8-15(26(30,31)32)10-17(29)9-14)34-24(13-4-2-1-3-5-13)36(22)12-20(37)33-21/h1-11,21H,12H2,(H,33,37)(H,35,38). The monoisotopic (exact) mass is 546 g/mol. The molecule has 4 aromatic rings. The van der Waals surface area contributed by atoms with Crippen molar-refractivity contribution >= 4 is 29.2 Å². The van der Waals surface area contributed by atoms with Crippen molar-refractivity contribution < 1.29 is 31.5 Å². The number of hydrogen-bond acceptors (Lipinski definition) is 3. The second-order valence-electron chi connectivity index (χ2n) is 8.47. The fourth-order valence-electron chi connectivity index (χ4n) is 4.26. The zero-order chi connectivity index (χ0) is 27.2. The van der Waals surface area contributed by atoms with Crippen LogP contribution in [0.4, 0.5) is 27.8 Å². The number of carbonyl (C=O) groups excluding carboxylic acids is 2. The van der Waals surface area contributed by atoms with Crippen LogP contribution in [0, 0.1) is 11.6 Å². The molecule has 2 amide bonds. The molecule has 6 nitrogen and oxygen atoms in total. The van der Waals surface area contributed by atoms with Gasteiger partial charge >= 0.3 is 6.18 Å². The minimum Gasteiger partial charge on any atom is -0.342 e. The first-order chi connectivity index (χ1) is 18.0. The predicted molar refractivity (Wildman–Crippen MR) is 128 cm³/mol. The lowest BCUT2D eigenvalue weighted by Crippen LogP contribution is -2.39. The van der Waals surface area contributed by atoms with Gasteiger partial charge < -0.3 is 15.2 Å². The summed E-state index contributed by atoms with van der Waals surface area (Å²) < 4.78 is 69.2. The van der Waals surface area contributed by atoms with Gasteiger partial charge in [-0.05, 0) is 36.4 Å². The van der Waals surface area contributed by atoms with Gasteiger partial charge in [-0.3, -0.25) is 9.59 Å². The molecule has 0 aliphatic carbocycles. The minimum atomic E-state index is -4.88. The van der Waals surface area contributed by atoms with Crippen LogP contribution in [0.3, 0.4) is 0 Å². The minimum absolute atomic E-state index is 0.116. The maximum atomic E-state index is 14.2. The van der Waals surface area contributed by atoms with Crippen LogP contribution in [0.2, 0.25) is 5.02 Å². The Morgan fingerprint density at radius 3 is 2.47 bits per heavy atom. The molecule has 2 heterocycles. The number of halogens is 6. The Bertz CT molecular complexity index is 1570. The normalized spacial score (nSPS) is 15.1. The van der Waals surface area contributed by atoms with Crippen LogP contribution in [0.5, 0.6) is 0 Å². The van der Waals surface area contributed by atoms with Crippen molar-refractivity contribution in [2.45, 2.75) is 18.8 Å². The molecule has 0 saturated carbocycles. The highest BCUT2D eigenvalue weighted by Crippen LogP contribution is 2.38. The van der Waals surface area contributed by atoms with Crippen LogP contribution in [0.15, 0.2) is 66.7 Å². The van der Waals surface area contributed by atoms with Gasteiger partial charge in [0.2, 0.25) is 5.91 Å².